The third kappa shape index (κ3) is 32.1. The summed E-state index contributed by atoms with van der Waals surface area (Å²) >= 11 is 0. The summed E-state index contributed by atoms with van der Waals surface area (Å²) in [6, 6.07) is 0. The maximum Gasteiger partial charge on any atom is 2.00 e. The zero-order chi connectivity index (χ0) is 0. The van der Waals surface area contributed by atoms with Crippen LogP contribution in [0.1, 0.15) is 0 Å². The minimum atomic E-state index is 0. The second-order valence-corrected chi connectivity index (χ2v) is 0. The van der Waals surface area contributed by atoms with Crippen molar-refractivity contribution in [3.63, 3.8) is 0 Å². The summed E-state index contributed by atoms with van der Waals surface area (Å²) in [6.07, 6.45) is 0. The molecule has 4 heteroatoms. The van der Waals surface area contributed by atoms with Crippen molar-refractivity contribution in [3.8, 4) is 0 Å². The quantitative estimate of drug-likeness (QED) is 0.437. The van der Waals surface area contributed by atoms with Crippen molar-refractivity contribution < 1.29 is 27.4 Å². The molecule has 0 atom stereocenters. The van der Waals surface area contributed by atoms with Gasteiger partial charge in [-0.1, -0.05) is 0 Å². The van der Waals surface area contributed by atoms with Gasteiger partial charge in [0.05, 0.1) is 0 Å². The molecule has 0 aromatic heterocycles. The Morgan fingerprint density at radius 1 is 0.750 bits per heavy atom. The Morgan fingerprint density at radius 3 is 0.750 bits per heavy atom. The molecule has 0 heterocycles. The van der Waals surface area contributed by atoms with Crippen molar-refractivity contribution in [3.05, 3.63) is 0 Å². The van der Waals surface area contributed by atoms with E-state index in [2.05, 4.69) is 0 Å². The number of rotatable bonds is 0. The fourth-order valence-electron chi connectivity index (χ4n) is 0. The summed E-state index contributed by atoms with van der Waals surface area (Å²) in [4.78, 5) is 0. The van der Waals surface area contributed by atoms with Crippen molar-refractivity contribution >= 4 is 0 Å². The van der Waals surface area contributed by atoms with Gasteiger partial charge in [0.25, 0.3) is 0 Å². The first kappa shape index (κ1) is 357. The van der Waals surface area contributed by atoms with E-state index in [0.29, 0.717) is 0 Å². The molecule has 0 amide bonds. The van der Waals surface area contributed by atoms with Crippen LogP contribution in [0.4, 0.5) is 0 Å². The van der Waals surface area contributed by atoms with Gasteiger partial charge < -0.3 is 17.1 Å². The Morgan fingerprint density at radius 2 is 0.750 bits per heavy atom. The van der Waals surface area contributed by atoms with E-state index in [1.165, 1.54) is 0 Å². The van der Waals surface area contributed by atoms with Gasteiger partial charge >= 0.3 is 16.5 Å². The molecule has 0 fully saturated rings. The van der Waals surface area contributed by atoms with E-state index < -0.39 is 0 Å². The van der Waals surface area contributed by atoms with Gasteiger partial charge in [0.1, 0.15) is 0 Å². The van der Waals surface area contributed by atoms with Crippen LogP contribution in [0.15, 0.2) is 0 Å². The molecular formula is H5NNiO2. The molecule has 0 aromatic carbocycles. The van der Waals surface area contributed by atoms with Crippen LogP contribution in [0.2, 0.25) is 0 Å². The fourth-order valence-corrected chi connectivity index (χ4v) is 0. The minimum Gasteiger partial charge on any atom is -0.870 e. The maximum atomic E-state index is 0. The molecule has 32 valence electrons. The Balaban J connectivity index is 0. The average Bonchev–Trinajstić information content (AvgIpc) is 0. The summed E-state index contributed by atoms with van der Waals surface area (Å²) in [7, 11) is 0. The third-order valence-corrected chi connectivity index (χ3v) is 0. The smallest absolute Gasteiger partial charge is 0.870 e. The predicted octanol–water partition coefficient (Wildman–Crippen LogP) is -0.194. The van der Waals surface area contributed by atoms with Gasteiger partial charge in [-0.05, 0) is 0 Å². The van der Waals surface area contributed by atoms with E-state index >= 15 is 0 Å². The van der Waals surface area contributed by atoms with E-state index in [1.54, 1.807) is 0 Å². The van der Waals surface area contributed by atoms with E-state index in [1.807, 2.05) is 0 Å². The summed E-state index contributed by atoms with van der Waals surface area (Å²) in [5, 5.41) is 0. The molecule has 0 saturated carbocycles. The summed E-state index contributed by atoms with van der Waals surface area (Å²) in [5.41, 5.74) is 0. The molecule has 0 aliphatic heterocycles. The molecule has 3 nitrogen and oxygen atoms in total. The van der Waals surface area contributed by atoms with Crippen LogP contribution in [0.25, 0.3) is 0 Å². The molecule has 0 rings (SSSR count). The Labute approximate surface area is 34.5 Å². The first-order valence-corrected chi connectivity index (χ1v) is 0. The van der Waals surface area contributed by atoms with Crippen molar-refractivity contribution in [1.82, 2.24) is 6.15 Å². The van der Waals surface area contributed by atoms with Crippen molar-refractivity contribution in [2.75, 3.05) is 0 Å². The van der Waals surface area contributed by atoms with Gasteiger partial charge in [0.15, 0.2) is 0 Å². The van der Waals surface area contributed by atoms with Crippen molar-refractivity contribution in [1.29, 1.82) is 0 Å². The molecule has 0 aliphatic rings. The Bertz CT molecular complexity index is 6.00. The summed E-state index contributed by atoms with van der Waals surface area (Å²) in [6.45, 7) is 0. The summed E-state index contributed by atoms with van der Waals surface area (Å²) < 4.78 is 0. The van der Waals surface area contributed by atoms with Crippen molar-refractivity contribution in [2.24, 2.45) is 0 Å². The van der Waals surface area contributed by atoms with Gasteiger partial charge in [-0.3, -0.25) is 0 Å². The predicted molar refractivity (Wildman–Crippen MR) is 8.89 cm³/mol. The minimum absolute atomic E-state index is 0. The number of hydrogen-bond donors (Lipinski definition) is 1. The molecule has 0 bridgehead atoms. The molecule has 0 radical (unpaired) electrons. The number of hydrogen-bond acceptors (Lipinski definition) is 3. The fraction of sp³-hybridized carbons (Fsp3) is 0. The SMILES string of the molecule is N.[Ni+2].[OH-].[OH-]. The van der Waals surface area contributed by atoms with E-state index in [9.17, 15) is 0 Å². The second-order valence-electron chi connectivity index (χ2n) is 0. The van der Waals surface area contributed by atoms with Gasteiger partial charge in [0.2, 0.25) is 0 Å². The zero-order valence-corrected chi connectivity index (χ0v) is 2.91. The van der Waals surface area contributed by atoms with Crippen LogP contribution in [0.5, 0.6) is 0 Å². The van der Waals surface area contributed by atoms with Crippen LogP contribution in [0, 0.1) is 0 Å². The van der Waals surface area contributed by atoms with Crippen LogP contribution in [-0.2, 0) is 16.5 Å². The standard InChI is InChI=1S/H3N.Ni.2H2O/h1H3;;2*1H2/q;+2;;/p-2. The normalized spacial score (nSPS) is 0. The Kier molecular flexibility index (Phi) is 12200. The third-order valence-electron chi connectivity index (χ3n) is 0. The molecule has 0 spiro atoms. The zero-order valence-electron chi connectivity index (χ0n) is 1.92. The van der Waals surface area contributed by atoms with Crippen LogP contribution in [-0.4, -0.2) is 11.0 Å². The topological polar surface area (TPSA) is 95.0 Å². The second kappa shape index (κ2) is 136. The van der Waals surface area contributed by atoms with Gasteiger partial charge in [-0.25, -0.2) is 0 Å². The largest absolute Gasteiger partial charge is 2.00 e. The Hall–Kier alpha value is 0.374. The van der Waals surface area contributed by atoms with E-state index in [-0.39, 0.29) is 33.6 Å². The van der Waals surface area contributed by atoms with Crippen LogP contribution >= 0.6 is 0 Å². The first-order valence-electron chi connectivity index (χ1n) is 0. The van der Waals surface area contributed by atoms with Crippen LogP contribution < -0.4 is 6.15 Å². The van der Waals surface area contributed by atoms with Gasteiger partial charge in [-0.2, -0.15) is 0 Å². The van der Waals surface area contributed by atoms with E-state index in [4.69, 9.17) is 0 Å². The maximum absolute atomic E-state index is 0. The molecule has 0 unspecified atom stereocenters. The first-order chi connectivity index (χ1) is 0. The molecule has 0 saturated heterocycles. The van der Waals surface area contributed by atoms with Crippen molar-refractivity contribution in [2.45, 2.75) is 0 Å². The monoisotopic (exact) mass is 109 g/mol. The van der Waals surface area contributed by atoms with Gasteiger partial charge in [-0.15, -0.1) is 0 Å². The molecule has 4 heavy (non-hydrogen) atoms. The molecule has 0 aromatic rings. The summed E-state index contributed by atoms with van der Waals surface area (Å²) in [5.74, 6) is 0. The molecule has 5 N–H and O–H groups in total. The van der Waals surface area contributed by atoms with Crippen LogP contribution in [0.3, 0.4) is 0 Å². The van der Waals surface area contributed by atoms with Gasteiger partial charge in [0, 0.05) is 0 Å². The van der Waals surface area contributed by atoms with E-state index in [0.717, 1.165) is 0 Å². The molecular weight excluding hydrogens is 105 g/mol. The average molecular weight is 110 g/mol. The molecule has 0 aliphatic carbocycles.